The van der Waals surface area contributed by atoms with Crippen LogP contribution in [0.4, 0.5) is 0 Å². The van der Waals surface area contributed by atoms with E-state index in [1.54, 1.807) is 0 Å². The van der Waals surface area contributed by atoms with E-state index in [1.807, 2.05) is 13.8 Å². The maximum atomic E-state index is 11.4. The van der Waals surface area contributed by atoms with Crippen molar-refractivity contribution in [2.24, 2.45) is 17.1 Å². The average Bonchev–Trinajstić information content (AvgIpc) is 2.51. The third-order valence-electron chi connectivity index (χ3n) is 5.61. The van der Waals surface area contributed by atoms with Gasteiger partial charge in [-0.15, -0.1) is 0 Å². The van der Waals surface area contributed by atoms with E-state index >= 15 is 0 Å². The van der Waals surface area contributed by atoms with Crippen LogP contribution in [0, 0.1) is 11.3 Å². The van der Waals surface area contributed by atoms with Crippen LogP contribution in [0.15, 0.2) is 0 Å². The van der Waals surface area contributed by atoms with Crippen molar-refractivity contribution in [2.75, 3.05) is 0 Å². The Morgan fingerprint density at radius 3 is 1.48 bits per heavy atom. The highest BCUT2D eigenvalue weighted by Gasteiger charge is 2.31. The van der Waals surface area contributed by atoms with Crippen molar-refractivity contribution in [3.8, 4) is 0 Å². The molecule has 2 nitrogen and oxygen atoms in total. The van der Waals surface area contributed by atoms with Gasteiger partial charge in [-0.1, -0.05) is 111 Å². The fraction of sp³-hybridized carbons (Fsp3) is 0.952. The molecule has 0 aromatic carbocycles. The summed E-state index contributed by atoms with van der Waals surface area (Å²) in [6.45, 7) is 8.38. The Labute approximate surface area is 146 Å². The molecule has 0 heterocycles. The van der Waals surface area contributed by atoms with Crippen LogP contribution in [0.3, 0.4) is 0 Å². The molecule has 0 saturated heterocycles. The Balaban J connectivity index is 3.32. The summed E-state index contributed by atoms with van der Waals surface area (Å²) in [6, 6.07) is 0. The molecule has 1 atom stereocenters. The normalized spacial score (nSPS) is 13.2. The van der Waals surface area contributed by atoms with Gasteiger partial charge in [0.1, 0.15) is 0 Å². The van der Waals surface area contributed by atoms with Gasteiger partial charge in [0.05, 0.1) is 0 Å². The molecule has 2 N–H and O–H groups in total. The van der Waals surface area contributed by atoms with Gasteiger partial charge in [-0.3, -0.25) is 4.79 Å². The summed E-state index contributed by atoms with van der Waals surface area (Å²) >= 11 is 0. The molecule has 23 heavy (non-hydrogen) atoms. The minimum Gasteiger partial charge on any atom is -0.369 e. The maximum Gasteiger partial charge on any atom is 0.223 e. The average molecular weight is 326 g/mol. The molecule has 0 radical (unpaired) electrons. The van der Waals surface area contributed by atoms with Crippen molar-refractivity contribution < 1.29 is 4.79 Å². The Morgan fingerprint density at radius 2 is 1.13 bits per heavy atom. The van der Waals surface area contributed by atoms with Crippen LogP contribution in [0.5, 0.6) is 0 Å². The van der Waals surface area contributed by atoms with Gasteiger partial charge in [0.15, 0.2) is 0 Å². The second-order valence-corrected chi connectivity index (χ2v) is 8.02. The van der Waals surface area contributed by atoms with Gasteiger partial charge in [-0.25, -0.2) is 0 Å². The number of hydrogen-bond acceptors (Lipinski definition) is 1. The highest BCUT2D eigenvalue weighted by atomic mass is 16.1. The summed E-state index contributed by atoms with van der Waals surface area (Å²) in [4.78, 5) is 11.4. The molecule has 0 aliphatic heterocycles. The van der Waals surface area contributed by atoms with Gasteiger partial charge in [0.25, 0.3) is 0 Å². The number of hydrogen-bond donors (Lipinski definition) is 1. The molecular formula is C21H43NO. The number of carbonyl (C=O) groups excluding carboxylic acids is 1. The quantitative estimate of drug-likeness (QED) is 0.318. The predicted octanol–water partition coefficient (Wildman–Crippen LogP) is 6.62. The lowest BCUT2D eigenvalue weighted by Crippen LogP contribution is -2.37. The van der Waals surface area contributed by atoms with E-state index < -0.39 is 0 Å². The molecule has 1 amide bonds. The third-order valence-corrected chi connectivity index (χ3v) is 5.61. The molecule has 0 fully saturated rings. The minimum absolute atomic E-state index is 0.167. The van der Waals surface area contributed by atoms with Crippen molar-refractivity contribution in [2.45, 2.75) is 118 Å². The molecule has 0 aliphatic rings. The zero-order valence-corrected chi connectivity index (χ0v) is 16.5. The van der Waals surface area contributed by atoms with Crippen LogP contribution in [-0.2, 0) is 4.79 Å². The Bertz CT molecular complexity index is 286. The molecule has 1 unspecified atom stereocenters. The van der Waals surface area contributed by atoms with Crippen molar-refractivity contribution in [3.05, 3.63) is 0 Å². The van der Waals surface area contributed by atoms with Crippen molar-refractivity contribution in [1.29, 1.82) is 0 Å². The zero-order chi connectivity index (χ0) is 17.6. The van der Waals surface area contributed by atoms with Crippen molar-refractivity contribution in [3.63, 3.8) is 0 Å². The lowest BCUT2D eigenvalue weighted by Gasteiger charge is -2.28. The molecule has 0 aromatic heterocycles. The molecule has 0 aliphatic carbocycles. The smallest absolute Gasteiger partial charge is 0.223 e. The zero-order valence-electron chi connectivity index (χ0n) is 16.5. The van der Waals surface area contributed by atoms with Gasteiger partial charge in [0, 0.05) is 5.41 Å². The SMILES string of the molecule is CCCCCCCCCCCCCCCC(C)C(C)(C)C(N)=O. The molecule has 0 bridgehead atoms. The standard InChI is InChI=1S/C21H43NO/c1-5-6-7-8-9-10-11-12-13-14-15-16-17-18-19(2)21(3,4)20(22)23/h19H,5-18H2,1-4H3,(H2,22,23). The van der Waals surface area contributed by atoms with Crippen LogP contribution in [0.25, 0.3) is 0 Å². The minimum atomic E-state index is -0.364. The first kappa shape index (κ1) is 22.5. The number of nitrogens with two attached hydrogens (primary N) is 1. The first-order valence-corrected chi connectivity index (χ1v) is 10.2. The van der Waals surface area contributed by atoms with Gasteiger partial charge in [-0.2, -0.15) is 0 Å². The van der Waals surface area contributed by atoms with E-state index in [-0.39, 0.29) is 11.3 Å². The second kappa shape index (κ2) is 13.9. The molecule has 138 valence electrons. The van der Waals surface area contributed by atoms with E-state index in [9.17, 15) is 4.79 Å². The molecule has 2 heteroatoms. The van der Waals surface area contributed by atoms with Crippen LogP contribution in [-0.4, -0.2) is 5.91 Å². The summed E-state index contributed by atoms with van der Waals surface area (Å²) in [7, 11) is 0. The fourth-order valence-corrected chi connectivity index (χ4v) is 3.07. The highest BCUT2D eigenvalue weighted by molar-refractivity contribution is 5.80. The topological polar surface area (TPSA) is 43.1 Å². The number of carbonyl (C=O) groups is 1. The summed E-state index contributed by atoms with van der Waals surface area (Å²) in [5.74, 6) is 0.215. The Morgan fingerprint density at radius 1 is 0.783 bits per heavy atom. The van der Waals surface area contributed by atoms with Gasteiger partial charge in [0.2, 0.25) is 5.91 Å². The monoisotopic (exact) mass is 325 g/mol. The summed E-state index contributed by atoms with van der Waals surface area (Å²) < 4.78 is 0. The van der Waals surface area contributed by atoms with E-state index in [4.69, 9.17) is 5.73 Å². The van der Waals surface area contributed by atoms with Crippen LogP contribution in [0.1, 0.15) is 118 Å². The van der Waals surface area contributed by atoms with Crippen molar-refractivity contribution in [1.82, 2.24) is 0 Å². The largest absolute Gasteiger partial charge is 0.369 e. The van der Waals surface area contributed by atoms with Crippen LogP contribution < -0.4 is 5.73 Å². The molecule has 0 aromatic rings. The summed E-state index contributed by atoms with van der Waals surface area (Å²) in [5, 5.41) is 0. The molecule has 0 spiro atoms. The third kappa shape index (κ3) is 11.6. The van der Waals surface area contributed by atoms with E-state index in [2.05, 4.69) is 13.8 Å². The van der Waals surface area contributed by atoms with Crippen LogP contribution >= 0.6 is 0 Å². The van der Waals surface area contributed by atoms with Crippen molar-refractivity contribution >= 4 is 5.91 Å². The highest BCUT2D eigenvalue weighted by Crippen LogP contribution is 2.30. The first-order valence-electron chi connectivity index (χ1n) is 10.2. The van der Waals surface area contributed by atoms with Gasteiger partial charge >= 0.3 is 0 Å². The van der Waals surface area contributed by atoms with Gasteiger partial charge in [-0.05, 0) is 12.3 Å². The van der Waals surface area contributed by atoms with Crippen LogP contribution in [0.2, 0.25) is 0 Å². The Hall–Kier alpha value is -0.530. The van der Waals surface area contributed by atoms with E-state index in [0.717, 1.165) is 6.42 Å². The lowest BCUT2D eigenvalue weighted by atomic mass is 9.77. The number of unbranched alkanes of at least 4 members (excludes halogenated alkanes) is 12. The molecule has 0 saturated carbocycles. The summed E-state index contributed by atoms with van der Waals surface area (Å²) in [5.41, 5.74) is 5.11. The molecule has 0 rings (SSSR count). The summed E-state index contributed by atoms with van der Waals surface area (Å²) in [6.07, 6.45) is 19.1. The number of amides is 1. The number of rotatable bonds is 16. The fourth-order valence-electron chi connectivity index (χ4n) is 3.07. The number of primary amides is 1. The maximum absolute atomic E-state index is 11.4. The molecular weight excluding hydrogens is 282 g/mol. The van der Waals surface area contributed by atoms with E-state index in [1.165, 1.54) is 83.5 Å². The lowest BCUT2D eigenvalue weighted by molar-refractivity contribution is -0.128. The Kier molecular flexibility index (Phi) is 13.5. The van der Waals surface area contributed by atoms with Gasteiger partial charge < -0.3 is 5.73 Å². The van der Waals surface area contributed by atoms with E-state index in [0.29, 0.717) is 5.92 Å². The first-order chi connectivity index (χ1) is 10.9. The predicted molar refractivity (Wildman–Crippen MR) is 102 cm³/mol. The second-order valence-electron chi connectivity index (χ2n) is 8.02.